The van der Waals surface area contributed by atoms with Gasteiger partial charge in [0.25, 0.3) is 0 Å². The molecule has 0 saturated carbocycles. The minimum absolute atomic E-state index is 0.213. The number of carbonyl (C=O) groups is 1. The van der Waals surface area contributed by atoms with E-state index >= 15 is 0 Å². The van der Waals surface area contributed by atoms with Gasteiger partial charge in [-0.3, -0.25) is 4.79 Å². The molecular weight excluding hydrogens is 282 g/mol. The first-order chi connectivity index (χ1) is 8.95. The Kier molecular flexibility index (Phi) is 4.31. The van der Waals surface area contributed by atoms with Crippen LogP contribution in [0.2, 0.25) is 0 Å². The third-order valence-corrected chi connectivity index (χ3v) is 4.42. The Balaban J connectivity index is 1.89. The van der Waals surface area contributed by atoms with Gasteiger partial charge in [0.05, 0.1) is 12.3 Å². The third kappa shape index (κ3) is 4.10. The first-order valence-corrected chi connectivity index (χ1v) is 7.56. The average Bonchev–Trinajstić information content (AvgIpc) is 2.97. The Morgan fingerprint density at radius 2 is 2.21 bits per heavy atom. The van der Waals surface area contributed by atoms with Gasteiger partial charge in [0.1, 0.15) is 23.4 Å². The van der Waals surface area contributed by atoms with Crippen LogP contribution in [-0.4, -0.2) is 36.5 Å². The van der Waals surface area contributed by atoms with Crippen LogP contribution in [0.15, 0.2) is 17.0 Å². The minimum atomic E-state index is -0.304. The van der Waals surface area contributed by atoms with Crippen LogP contribution in [-0.2, 0) is 11.3 Å². The first-order valence-electron chi connectivity index (χ1n) is 5.76. The molecule has 0 amide bonds. The van der Waals surface area contributed by atoms with Crippen molar-refractivity contribution in [2.45, 2.75) is 31.7 Å². The fraction of sp³-hybridized carbons (Fsp3) is 0.545. The number of Topliss-reactive ketones (excluding diaryl/α,β-unsaturated/α-hetero) is 1. The van der Waals surface area contributed by atoms with Gasteiger partial charge in [0, 0.05) is 5.41 Å². The molecule has 0 aromatic carbocycles. The average molecular weight is 297 g/mol. The van der Waals surface area contributed by atoms with Crippen LogP contribution in [0.3, 0.4) is 0 Å². The molecular formula is C11H15N5OS2. The van der Waals surface area contributed by atoms with Crippen LogP contribution in [0.4, 0.5) is 0 Å². The van der Waals surface area contributed by atoms with Crippen molar-refractivity contribution in [2.75, 3.05) is 5.75 Å². The molecule has 0 atom stereocenters. The molecule has 0 unspecified atom stereocenters. The Labute approximate surface area is 119 Å². The smallest absolute Gasteiger partial charge is 0.174 e. The topological polar surface area (TPSA) is 73.6 Å². The lowest BCUT2D eigenvalue weighted by Gasteiger charge is -2.15. The normalized spacial score (nSPS) is 11.7. The van der Waals surface area contributed by atoms with Crippen molar-refractivity contribution in [3.63, 3.8) is 0 Å². The number of hydrogen-bond acceptors (Lipinski definition) is 7. The van der Waals surface area contributed by atoms with Crippen LogP contribution < -0.4 is 0 Å². The summed E-state index contributed by atoms with van der Waals surface area (Å²) < 4.78 is 2.50. The molecule has 2 aromatic heterocycles. The molecule has 0 bridgehead atoms. The Morgan fingerprint density at radius 1 is 1.42 bits per heavy atom. The van der Waals surface area contributed by atoms with Gasteiger partial charge in [-0.05, 0) is 0 Å². The highest BCUT2D eigenvalue weighted by Gasteiger charge is 2.21. The Hall–Kier alpha value is -1.28. The fourth-order valence-electron chi connectivity index (χ4n) is 1.16. The van der Waals surface area contributed by atoms with Gasteiger partial charge in [0.2, 0.25) is 0 Å². The summed E-state index contributed by atoms with van der Waals surface area (Å²) >= 11 is 2.92. The number of aromatic nitrogens is 5. The summed E-state index contributed by atoms with van der Waals surface area (Å²) in [4.78, 5) is 15.7. The minimum Gasteiger partial charge on any atom is -0.298 e. The number of nitrogens with zero attached hydrogens (tertiary/aromatic N) is 5. The summed E-state index contributed by atoms with van der Waals surface area (Å²) in [5, 5.41) is 13.0. The first kappa shape index (κ1) is 14.1. The molecule has 8 heteroatoms. The van der Waals surface area contributed by atoms with E-state index in [0.717, 1.165) is 9.35 Å². The zero-order chi connectivity index (χ0) is 13.9. The monoisotopic (exact) mass is 297 g/mol. The number of ketones is 1. The van der Waals surface area contributed by atoms with E-state index in [-0.39, 0.29) is 11.2 Å². The summed E-state index contributed by atoms with van der Waals surface area (Å²) in [6, 6.07) is 0. The van der Waals surface area contributed by atoms with E-state index in [2.05, 4.69) is 20.3 Å². The van der Waals surface area contributed by atoms with Gasteiger partial charge in [-0.2, -0.15) is 5.10 Å². The zero-order valence-electron chi connectivity index (χ0n) is 11.0. The maximum absolute atomic E-state index is 11.8. The quantitative estimate of drug-likeness (QED) is 0.785. The fourth-order valence-corrected chi connectivity index (χ4v) is 3.21. The summed E-state index contributed by atoms with van der Waals surface area (Å²) in [6.07, 6.45) is 3.12. The molecule has 0 radical (unpaired) electrons. The second-order valence-corrected chi connectivity index (χ2v) is 7.30. The molecule has 0 aliphatic carbocycles. The van der Waals surface area contributed by atoms with Crippen molar-refractivity contribution in [3.8, 4) is 0 Å². The third-order valence-electron chi connectivity index (χ3n) is 2.38. The van der Waals surface area contributed by atoms with Gasteiger partial charge < -0.3 is 0 Å². The largest absolute Gasteiger partial charge is 0.298 e. The summed E-state index contributed by atoms with van der Waals surface area (Å²) in [5.74, 6) is 0.645. The summed E-state index contributed by atoms with van der Waals surface area (Å²) in [5.41, 5.74) is -0.304. The van der Waals surface area contributed by atoms with Crippen molar-refractivity contribution >= 4 is 28.9 Å². The van der Waals surface area contributed by atoms with Crippen LogP contribution in [0.25, 0.3) is 0 Å². The van der Waals surface area contributed by atoms with E-state index in [1.807, 2.05) is 20.8 Å². The molecule has 102 valence electrons. The van der Waals surface area contributed by atoms with Gasteiger partial charge in [0.15, 0.2) is 4.34 Å². The van der Waals surface area contributed by atoms with E-state index in [1.54, 1.807) is 11.0 Å². The predicted molar refractivity (Wildman–Crippen MR) is 74.2 cm³/mol. The van der Waals surface area contributed by atoms with Crippen LogP contribution in [0, 0.1) is 5.41 Å². The number of thioether (sulfide) groups is 1. The van der Waals surface area contributed by atoms with Gasteiger partial charge in [-0.15, -0.1) is 10.2 Å². The molecule has 2 rings (SSSR count). The van der Waals surface area contributed by atoms with E-state index in [0.29, 0.717) is 12.3 Å². The van der Waals surface area contributed by atoms with Crippen molar-refractivity contribution in [3.05, 3.63) is 17.7 Å². The van der Waals surface area contributed by atoms with Gasteiger partial charge in [-0.1, -0.05) is 43.9 Å². The predicted octanol–water partition coefficient (Wildman–Crippen LogP) is 1.89. The standard InChI is InChI=1S/C11H15N5OS2/c1-11(2,3)8(17)5-18-10-15-14-9(19-10)4-16-7-12-6-13-16/h6-7H,4-5H2,1-3H3. The van der Waals surface area contributed by atoms with E-state index < -0.39 is 0 Å². The van der Waals surface area contributed by atoms with Crippen molar-refractivity contribution < 1.29 is 4.79 Å². The highest BCUT2D eigenvalue weighted by molar-refractivity contribution is 8.01. The van der Waals surface area contributed by atoms with Gasteiger partial charge in [-0.25, -0.2) is 9.67 Å². The zero-order valence-corrected chi connectivity index (χ0v) is 12.7. The maximum atomic E-state index is 11.8. The van der Waals surface area contributed by atoms with Crippen LogP contribution in [0.5, 0.6) is 0 Å². The van der Waals surface area contributed by atoms with Gasteiger partial charge >= 0.3 is 0 Å². The second kappa shape index (κ2) is 5.79. The SMILES string of the molecule is CC(C)(C)C(=O)CSc1nnc(Cn2cncn2)s1. The molecule has 0 saturated heterocycles. The number of carbonyl (C=O) groups excluding carboxylic acids is 1. The second-order valence-electron chi connectivity index (χ2n) is 5.02. The molecule has 0 spiro atoms. The maximum Gasteiger partial charge on any atom is 0.174 e. The van der Waals surface area contributed by atoms with Crippen molar-refractivity contribution in [1.29, 1.82) is 0 Å². The summed E-state index contributed by atoms with van der Waals surface area (Å²) in [7, 11) is 0. The lowest BCUT2D eigenvalue weighted by Crippen LogP contribution is -2.21. The molecule has 0 aliphatic heterocycles. The highest BCUT2D eigenvalue weighted by atomic mass is 32.2. The number of rotatable bonds is 5. The molecule has 0 N–H and O–H groups in total. The molecule has 2 aromatic rings. The van der Waals surface area contributed by atoms with Crippen LogP contribution >= 0.6 is 23.1 Å². The molecule has 0 aliphatic rings. The Bertz CT molecular complexity index is 544. The van der Waals surface area contributed by atoms with Crippen molar-refractivity contribution in [1.82, 2.24) is 25.0 Å². The Morgan fingerprint density at radius 3 is 2.84 bits per heavy atom. The molecule has 0 fully saturated rings. The van der Waals surface area contributed by atoms with Crippen molar-refractivity contribution in [2.24, 2.45) is 5.41 Å². The van der Waals surface area contributed by atoms with Crippen LogP contribution in [0.1, 0.15) is 25.8 Å². The lowest BCUT2D eigenvalue weighted by molar-refractivity contribution is -0.123. The highest BCUT2D eigenvalue weighted by Crippen LogP contribution is 2.26. The van der Waals surface area contributed by atoms with E-state index in [9.17, 15) is 4.79 Å². The lowest BCUT2D eigenvalue weighted by atomic mass is 9.92. The molecule has 19 heavy (non-hydrogen) atoms. The molecule has 2 heterocycles. The summed E-state index contributed by atoms with van der Waals surface area (Å²) in [6.45, 7) is 6.33. The molecule has 6 nitrogen and oxygen atoms in total. The van der Waals surface area contributed by atoms with E-state index in [4.69, 9.17) is 0 Å². The van der Waals surface area contributed by atoms with E-state index in [1.165, 1.54) is 29.4 Å². The number of hydrogen-bond donors (Lipinski definition) is 0.